The average molecular weight is 211 g/mol. The molecule has 0 rings (SSSR count). The van der Waals surface area contributed by atoms with Gasteiger partial charge in [-0.15, -0.1) is 0 Å². The highest BCUT2D eigenvalue weighted by Gasteiger charge is 2.25. The first-order chi connectivity index (χ1) is 5.83. The summed E-state index contributed by atoms with van der Waals surface area (Å²) in [5.41, 5.74) is 5.32. The summed E-state index contributed by atoms with van der Waals surface area (Å²) >= 11 is 0. The van der Waals surface area contributed by atoms with Crippen molar-refractivity contribution in [2.45, 2.75) is 13.3 Å². The van der Waals surface area contributed by atoms with E-state index in [9.17, 15) is 8.42 Å². The van der Waals surface area contributed by atoms with Crippen LogP contribution in [0.25, 0.3) is 0 Å². The van der Waals surface area contributed by atoms with Crippen molar-refractivity contribution < 1.29 is 17.3 Å². The zero-order valence-electron chi connectivity index (χ0n) is 8.49. The molecule has 0 aliphatic rings. The number of rotatable bonds is 6. The molecule has 2 N–H and O–H groups in total. The lowest BCUT2D eigenvalue weighted by Crippen LogP contribution is -2.45. The van der Waals surface area contributed by atoms with E-state index in [0.717, 1.165) is 0 Å². The Labute approximate surface area is 80.1 Å². The molecule has 0 aliphatic heterocycles. The summed E-state index contributed by atoms with van der Waals surface area (Å²) in [5.74, 6) is 0.0548. The first-order valence-electron chi connectivity index (χ1n) is 4.30. The van der Waals surface area contributed by atoms with Crippen LogP contribution in [0.3, 0.4) is 0 Å². The van der Waals surface area contributed by atoms with E-state index in [0.29, 0.717) is 19.5 Å². The van der Waals surface area contributed by atoms with E-state index in [2.05, 4.69) is 0 Å². The molecule has 0 bridgehead atoms. The van der Waals surface area contributed by atoms with Crippen LogP contribution in [0, 0.1) is 0 Å². The highest BCUT2D eigenvalue weighted by Crippen LogP contribution is 2.05. The Morgan fingerprint density at radius 1 is 1.38 bits per heavy atom. The molecule has 5 nitrogen and oxygen atoms in total. The van der Waals surface area contributed by atoms with Crippen molar-refractivity contribution in [1.82, 2.24) is 0 Å². The van der Waals surface area contributed by atoms with Gasteiger partial charge in [-0.05, 0) is 6.42 Å². The summed E-state index contributed by atoms with van der Waals surface area (Å²) < 4.78 is 27.4. The van der Waals surface area contributed by atoms with Gasteiger partial charge < -0.3 is 5.73 Å². The monoisotopic (exact) mass is 211 g/mol. The van der Waals surface area contributed by atoms with E-state index in [1.807, 2.05) is 0 Å². The summed E-state index contributed by atoms with van der Waals surface area (Å²) in [5, 5.41) is 0. The summed E-state index contributed by atoms with van der Waals surface area (Å²) in [6.45, 7) is 2.67. The molecule has 80 valence electrons. The molecule has 0 saturated heterocycles. The molecule has 0 atom stereocenters. The first-order valence-corrected chi connectivity index (χ1v) is 5.87. The number of likely N-dealkylation sites (N-methyl/N-ethyl adjacent to an activating group) is 1. The molecule has 0 aromatic heterocycles. The van der Waals surface area contributed by atoms with E-state index in [1.165, 1.54) is 0 Å². The molecule has 0 spiro atoms. The number of hydrogen-bond donors (Lipinski definition) is 1. The molecule has 13 heavy (non-hydrogen) atoms. The van der Waals surface area contributed by atoms with Crippen molar-refractivity contribution in [2.24, 2.45) is 5.73 Å². The highest BCUT2D eigenvalue weighted by atomic mass is 32.2. The van der Waals surface area contributed by atoms with Crippen molar-refractivity contribution in [3.63, 3.8) is 0 Å². The standard InChI is InChI=1S/C7H19N2O3S/c1-4-7-13(10,11)12-9(2,3)6-5-8/h4-8H2,1-3H3/q+1. The zero-order valence-corrected chi connectivity index (χ0v) is 9.30. The van der Waals surface area contributed by atoms with E-state index in [4.69, 9.17) is 10.0 Å². The summed E-state index contributed by atoms with van der Waals surface area (Å²) in [6, 6.07) is 0. The van der Waals surface area contributed by atoms with Gasteiger partial charge in [-0.1, -0.05) is 11.2 Å². The Morgan fingerprint density at radius 3 is 2.31 bits per heavy atom. The Hall–Kier alpha value is -0.170. The Morgan fingerprint density at radius 2 is 1.92 bits per heavy atom. The normalized spacial score (nSPS) is 13.2. The molecule has 0 aromatic carbocycles. The lowest BCUT2D eigenvalue weighted by molar-refractivity contribution is -1.05. The minimum atomic E-state index is -3.39. The number of nitrogens with zero attached hydrogens (tertiary/aromatic N) is 1. The zero-order chi connectivity index (χ0) is 10.5. The minimum absolute atomic E-state index is 0.0428. The van der Waals surface area contributed by atoms with Crippen LogP contribution in [0.5, 0.6) is 0 Å². The second kappa shape index (κ2) is 4.90. The average Bonchev–Trinajstić information content (AvgIpc) is 1.82. The Bertz CT molecular complexity index is 236. The molecule has 0 amide bonds. The van der Waals surface area contributed by atoms with Gasteiger partial charge in [0.25, 0.3) is 0 Å². The van der Waals surface area contributed by atoms with Crippen molar-refractivity contribution in [1.29, 1.82) is 0 Å². The molecule has 0 radical (unpaired) electrons. The smallest absolute Gasteiger partial charge is 0.314 e. The fraction of sp³-hybridized carbons (Fsp3) is 1.00. The number of quaternary nitrogens is 1. The van der Waals surface area contributed by atoms with Gasteiger partial charge in [-0.3, -0.25) is 0 Å². The van der Waals surface area contributed by atoms with Crippen molar-refractivity contribution >= 4 is 10.1 Å². The van der Waals surface area contributed by atoms with Gasteiger partial charge in [-0.2, -0.15) is 13.1 Å². The fourth-order valence-electron chi connectivity index (χ4n) is 0.943. The van der Waals surface area contributed by atoms with Crippen LogP contribution in [0.1, 0.15) is 13.3 Å². The maximum atomic E-state index is 11.2. The van der Waals surface area contributed by atoms with Crippen LogP contribution in [0.15, 0.2) is 0 Å². The third-order valence-corrected chi connectivity index (χ3v) is 2.98. The van der Waals surface area contributed by atoms with Gasteiger partial charge in [0.15, 0.2) is 0 Å². The van der Waals surface area contributed by atoms with E-state index >= 15 is 0 Å². The van der Waals surface area contributed by atoms with Crippen molar-refractivity contribution in [3.8, 4) is 0 Å². The van der Waals surface area contributed by atoms with Crippen LogP contribution in [0.2, 0.25) is 0 Å². The van der Waals surface area contributed by atoms with Gasteiger partial charge in [0.1, 0.15) is 6.54 Å². The van der Waals surface area contributed by atoms with Gasteiger partial charge in [0.05, 0.1) is 19.8 Å². The van der Waals surface area contributed by atoms with Crippen LogP contribution in [-0.4, -0.2) is 46.0 Å². The predicted molar refractivity (Wildman–Crippen MR) is 51.2 cm³/mol. The molecule has 6 heteroatoms. The number of hydrogen-bond acceptors (Lipinski definition) is 4. The van der Waals surface area contributed by atoms with Crippen LogP contribution in [-0.2, 0) is 14.4 Å². The van der Waals surface area contributed by atoms with E-state index < -0.39 is 10.1 Å². The number of nitrogens with two attached hydrogens (primary N) is 1. The van der Waals surface area contributed by atoms with Gasteiger partial charge in [-0.25, -0.2) is 0 Å². The molecule has 0 fully saturated rings. The quantitative estimate of drug-likeness (QED) is 0.483. The van der Waals surface area contributed by atoms with Gasteiger partial charge >= 0.3 is 10.1 Å². The minimum Gasteiger partial charge on any atom is -0.325 e. The predicted octanol–water partition coefficient (Wildman–Crippen LogP) is -0.307. The largest absolute Gasteiger partial charge is 0.325 e. The molecular formula is C7H19N2O3S+. The lowest BCUT2D eigenvalue weighted by Gasteiger charge is -2.24. The maximum absolute atomic E-state index is 11.2. The third-order valence-electron chi connectivity index (χ3n) is 1.44. The van der Waals surface area contributed by atoms with Crippen molar-refractivity contribution in [3.05, 3.63) is 0 Å². The van der Waals surface area contributed by atoms with Crippen molar-refractivity contribution in [2.75, 3.05) is 32.9 Å². The highest BCUT2D eigenvalue weighted by molar-refractivity contribution is 7.86. The Kier molecular flexibility index (Phi) is 4.83. The maximum Gasteiger partial charge on any atom is 0.314 e. The van der Waals surface area contributed by atoms with Crippen LogP contribution >= 0.6 is 0 Å². The van der Waals surface area contributed by atoms with Gasteiger partial charge in [0, 0.05) is 6.54 Å². The van der Waals surface area contributed by atoms with Crippen LogP contribution in [0.4, 0.5) is 0 Å². The molecule has 0 aliphatic carbocycles. The fourth-order valence-corrected chi connectivity index (χ4v) is 2.21. The summed E-state index contributed by atoms with van der Waals surface area (Å²) in [4.78, 5) is 0. The topological polar surface area (TPSA) is 69.4 Å². The summed E-state index contributed by atoms with van der Waals surface area (Å²) in [6.07, 6.45) is 0.560. The molecular weight excluding hydrogens is 192 g/mol. The lowest BCUT2D eigenvalue weighted by atomic mass is 10.6. The van der Waals surface area contributed by atoms with Crippen LogP contribution < -0.4 is 5.73 Å². The van der Waals surface area contributed by atoms with E-state index in [1.54, 1.807) is 21.0 Å². The second-order valence-corrected chi connectivity index (χ2v) is 5.10. The third kappa shape index (κ3) is 5.98. The molecule has 0 heterocycles. The van der Waals surface area contributed by atoms with Gasteiger partial charge in [0.2, 0.25) is 0 Å². The Balaban J connectivity index is 4.25. The summed E-state index contributed by atoms with van der Waals surface area (Å²) in [7, 11) is -0.0614. The van der Waals surface area contributed by atoms with E-state index in [-0.39, 0.29) is 10.4 Å². The molecule has 0 aromatic rings. The first kappa shape index (κ1) is 12.8. The molecule has 0 unspecified atom stereocenters. The number of hydroxylamine groups is 3. The SMILES string of the molecule is CCCS(=O)(=O)O[N+](C)(C)CCN. The molecule has 0 saturated carbocycles. The second-order valence-electron chi connectivity index (χ2n) is 3.42.